The molecule has 0 aliphatic heterocycles. The van der Waals surface area contributed by atoms with Gasteiger partial charge in [-0.25, -0.2) is 4.98 Å². The molecule has 0 radical (unpaired) electrons. The Bertz CT molecular complexity index is 514. The number of aromatic nitrogens is 1. The Labute approximate surface area is 122 Å². The van der Waals surface area contributed by atoms with E-state index in [1.165, 1.54) is 0 Å². The molecule has 2 aromatic rings. The molecule has 0 amide bonds. The standard InChI is InChI=1S/C14H17ClN2OS/c1-10(2)16-6-12-13(15)4-3-5-14(12)18-7-11-8-19-9-17-11/h3-5,8-10,16H,6-7H2,1-2H3. The SMILES string of the molecule is CC(C)NCc1c(Cl)cccc1OCc1cscn1. The average Bonchev–Trinajstić information content (AvgIpc) is 2.88. The smallest absolute Gasteiger partial charge is 0.131 e. The van der Waals surface area contributed by atoms with E-state index in [1.807, 2.05) is 23.6 Å². The van der Waals surface area contributed by atoms with E-state index in [0.29, 0.717) is 19.2 Å². The van der Waals surface area contributed by atoms with Crippen molar-refractivity contribution in [2.45, 2.75) is 33.0 Å². The molecular formula is C14H17ClN2OS. The lowest BCUT2D eigenvalue weighted by Crippen LogP contribution is -2.22. The van der Waals surface area contributed by atoms with E-state index in [2.05, 4.69) is 24.1 Å². The molecule has 0 spiro atoms. The Morgan fingerprint density at radius 2 is 2.26 bits per heavy atom. The maximum atomic E-state index is 6.24. The maximum absolute atomic E-state index is 6.24. The van der Waals surface area contributed by atoms with Crippen LogP contribution in [0.1, 0.15) is 25.1 Å². The van der Waals surface area contributed by atoms with Gasteiger partial charge in [0.1, 0.15) is 12.4 Å². The number of hydrogen-bond acceptors (Lipinski definition) is 4. The zero-order valence-corrected chi connectivity index (χ0v) is 12.6. The van der Waals surface area contributed by atoms with E-state index < -0.39 is 0 Å². The van der Waals surface area contributed by atoms with Crippen molar-refractivity contribution < 1.29 is 4.74 Å². The molecule has 102 valence electrons. The van der Waals surface area contributed by atoms with Crippen molar-refractivity contribution in [3.63, 3.8) is 0 Å². The van der Waals surface area contributed by atoms with Crippen LogP contribution in [-0.2, 0) is 13.2 Å². The molecule has 2 rings (SSSR count). The molecule has 0 unspecified atom stereocenters. The fourth-order valence-corrected chi connectivity index (χ4v) is 2.39. The van der Waals surface area contributed by atoms with Gasteiger partial charge in [0, 0.05) is 28.6 Å². The molecule has 0 aliphatic rings. The number of rotatable bonds is 6. The van der Waals surface area contributed by atoms with Crippen molar-refractivity contribution in [2.24, 2.45) is 0 Å². The summed E-state index contributed by atoms with van der Waals surface area (Å²) in [5, 5.41) is 6.07. The summed E-state index contributed by atoms with van der Waals surface area (Å²) in [6, 6.07) is 6.13. The van der Waals surface area contributed by atoms with E-state index in [9.17, 15) is 0 Å². The van der Waals surface area contributed by atoms with Crippen molar-refractivity contribution in [3.8, 4) is 5.75 Å². The van der Waals surface area contributed by atoms with Gasteiger partial charge in [-0.2, -0.15) is 0 Å². The molecule has 5 heteroatoms. The van der Waals surface area contributed by atoms with Gasteiger partial charge in [0.25, 0.3) is 0 Å². The molecule has 1 heterocycles. The first-order valence-electron chi connectivity index (χ1n) is 6.17. The predicted octanol–water partition coefficient (Wildman–Crippen LogP) is 3.87. The number of hydrogen-bond donors (Lipinski definition) is 1. The van der Waals surface area contributed by atoms with E-state index in [4.69, 9.17) is 16.3 Å². The van der Waals surface area contributed by atoms with Crippen LogP contribution in [0.15, 0.2) is 29.1 Å². The summed E-state index contributed by atoms with van der Waals surface area (Å²) < 4.78 is 5.81. The lowest BCUT2D eigenvalue weighted by atomic mass is 10.2. The molecule has 0 atom stereocenters. The highest BCUT2D eigenvalue weighted by atomic mass is 35.5. The van der Waals surface area contributed by atoms with E-state index in [-0.39, 0.29) is 0 Å². The second-order valence-corrected chi connectivity index (χ2v) is 5.65. The van der Waals surface area contributed by atoms with Crippen LogP contribution in [-0.4, -0.2) is 11.0 Å². The zero-order chi connectivity index (χ0) is 13.7. The summed E-state index contributed by atoms with van der Waals surface area (Å²) in [5.74, 6) is 0.814. The summed E-state index contributed by atoms with van der Waals surface area (Å²) in [4.78, 5) is 4.20. The van der Waals surface area contributed by atoms with Gasteiger partial charge in [0.2, 0.25) is 0 Å². The minimum Gasteiger partial charge on any atom is -0.487 e. The zero-order valence-electron chi connectivity index (χ0n) is 11.0. The van der Waals surface area contributed by atoms with Crippen molar-refractivity contribution in [3.05, 3.63) is 45.4 Å². The maximum Gasteiger partial charge on any atom is 0.131 e. The second kappa shape index (κ2) is 6.89. The van der Waals surface area contributed by atoms with Crippen molar-refractivity contribution in [2.75, 3.05) is 0 Å². The summed E-state index contributed by atoms with van der Waals surface area (Å²) in [6.45, 7) is 5.38. The summed E-state index contributed by atoms with van der Waals surface area (Å²) in [7, 11) is 0. The number of nitrogens with zero attached hydrogens (tertiary/aromatic N) is 1. The van der Waals surface area contributed by atoms with Crippen LogP contribution in [0, 0.1) is 0 Å². The molecular weight excluding hydrogens is 280 g/mol. The van der Waals surface area contributed by atoms with Gasteiger partial charge in [-0.1, -0.05) is 31.5 Å². The average molecular weight is 297 g/mol. The number of ether oxygens (including phenoxy) is 1. The van der Waals surface area contributed by atoms with Gasteiger partial charge >= 0.3 is 0 Å². The fourth-order valence-electron chi connectivity index (χ4n) is 1.61. The number of benzene rings is 1. The topological polar surface area (TPSA) is 34.1 Å². The normalized spacial score (nSPS) is 10.9. The minimum absolute atomic E-state index is 0.405. The molecule has 1 N–H and O–H groups in total. The van der Waals surface area contributed by atoms with Gasteiger partial charge in [-0.15, -0.1) is 11.3 Å². The first-order valence-corrected chi connectivity index (χ1v) is 7.49. The third-order valence-corrected chi connectivity index (χ3v) is 3.61. The summed E-state index contributed by atoms with van der Waals surface area (Å²) in [5.41, 5.74) is 3.73. The summed E-state index contributed by atoms with van der Waals surface area (Å²) in [6.07, 6.45) is 0. The third-order valence-electron chi connectivity index (χ3n) is 2.62. The highest BCUT2D eigenvalue weighted by Crippen LogP contribution is 2.27. The molecule has 0 saturated carbocycles. The van der Waals surface area contributed by atoms with Gasteiger partial charge in [-0.3, -0.25) is 0 Å². The van der Waals surface area contributed by atoms with Crippen LogP contribution >= 0.6 is 22.9 Å². The van der Waals surface area contributed by atoms with Crippen molar-refractivity contribution in [1.82, 2.24) is 10.3 Å². The number of halogens is 1. The van der Waals surface area contributed by atoms with Crippen LogP contribution in [0.4, 0.5) is 0 Å². The Morgan fingerprint density at radius 1 is 1.42 bits per heavy atom. The molecule has 0 bridgehead atoms. The lowest BCUT2D eigenvalue weighted by Gasteiger charge is -2.14. The Balaban J connectivity index is 2.08. The molecule has 0 saturated heterocycles. The second-order valence-electron chi connectivity index (χ2n) is 4.52. The van der Waals surface area contributed by atoms with Gasteiger partial charge < -0.3 is 10.1 Å². The molecule has 0 aliphatic carbocycles. The predicted molar refractivity (Wildman–Crippen MR) is 79.9 cm³/mol. The first-order chi connectivity index (χ1) is 9.16. The van der Waals surface area contributed by atoms with Crippen LogP contribution in [0.25, 0.3) is 0 Å². The largest absolute Gasteiger partial charge is 0.487 e. The highest BCUT2D eigenvalue weighted by Gasteiger charge is 2.09. The first kappa shape index (κ1) is 14.3. The van der Waals surface area contributed by atoms with E-state index >= 15 is 0 Å². The molecule has 19 heavy (non-hydrogen) atoms. The minimum atomic E-state index is 0.405. The Hall–Kier alpha value is -1.10. The number of nitrogens with one attached hydrogen (secondary N) is 1. The third kappa shape index (κ3) is 4.20. The van der Waals surface area contributed by atoms with E-state index in [0.717, 1.165) is 22.0 Å². The monoisotopic (exact) mass is 296 g/mol. The lowest BCUT2D eigenvalue weighted by molar-refractivity contribution is 0.298. The van der Waals surface area contributed by atoms with Crippen LogP contribution in [0.3, 0.4) is 0 Å². The molecule has 3 nitrogen and oxygen atoms in total. The van der Waals surface area contributed by atoms with Crippen LogP contribution in [0.2, 0.25) is 5.02 Å². The molecule has 1 aromatic carbocycles. The van der Waals surface area contributed by atoms with Crippen LogP contribution in [0.5, 0.6) is 5.75 Å². The van der Waals surface area contributed by atoms with Crippen LogP contribution < -0.4 is 10.1 Å². The summed E-state index contributed by atoms with van der Waals surface area (Å²) >= 11 is 7.81. The molecule has 0 fully saturated rings. The Kier molecular flexibility index (Phi) is 5.19. The Morgan fingerprint density at radius 3 is 2.95 bits per heavy atom. The van der Waals surface area contributed by atoms with Gasteiger partial charge in [-0.05, 0) is 12.1 Å². The highest BCUT2D eigenvalue weighted by molar-refractivity contribution is 7.07. The quantitative estimate of drug-likeness (QED) is 0.878. The van der Waals surface area contributed by atoms with Gasteiger partial charge in [0.05, 0.1) is 11.2 Å². The molecule has 1 aromatic heterocycles. The van der Waals surface area contributed by atoms with Crippen molar-refractivity contribution >= 4 is 22.9 Å². The number of thiazole rings is 1. The van der Waals surface area contributed by atoms with E-state index in [1.54, 1.807) is 16.8 Å². The fraction of sp³-hybridized carbons (Fsp3) is 0.357. The van der Waals surface area contributed by atoms with Crippen molar-refractivity contribution in [1.29, 1.82) is 0 Å². The van der Waals surface area contributed by atoms with Gasteiger partial charge in [0.15, 0.2) is 0 Å².